The van der Waals surface area contributed by atoms with Crippen molar-refractivity contribution in [1.29, 1.82) is 0 Å². The third kappa shape index (κ3) is 1.21. The highest BCUT2D eigenvalue weighted by atomic mass is 32.1. The van der Waals surface area contributed by atoms with Gasteiger partial charge in [-0.3, -0.25) is 0 Å². The molecule has 60 valence electrons. The predicted octanol–water partition coefficient (Wildman–Crippen LogP) is 2.34. The average molecular weight is 180 g/mol. The van der Waals surface area contributed by atoms with Crippen LogP contribution in [0.25, 0.3) is 10.4 Å². The first-order valence-electron chi connectivity index (χ1n) is 3.41. The molecule has 1 heterocycles. The second-order valence-corrected chi connectivity index (χ2v) is 3.01. The molecule has 1 aromatic carbocycles. The van der Waals surface area contributed by atoms with Crippen LogP contribution < -0.4 is 0 Å². The Labute approximate surface area is 72.8 Å². The summed E-state index contributed by atoms with van der Waals surface area (Å²) in [5, 5.41) is 3.29. The molecule has 0 atom stereocenters. The van der Waals surface area contributed by atoms with Crippen LogP contribution in [-0.2, 0) is 0 Å². The average Bonchev–Trinajstić information content (AvgIpc) is 2.53. The molecule has 12 heavy (non-hydrogen) atoms. The van der Waals surface area contributed by atoms with Crippen molar-refractivity contribution in [3.8, 4) is 10.4 Å². The number of hydrogen-bond donors (Lipinski definition) is 0. The van der Waals surface area contributed by atoms with Crippen LogP contribution >= 0.6 is 11.5 Å². The lowest BCUT2D eigenvalue weighted by molar-refractivity contribution is 0.582. The van der Waals surface area contributed by atoms with E-state index in [-0.39, 0.29) is 0 Å². The first kappa shape index (κ1) is 7.36. The molecule has 2 rings (SSSR count). The third-order valence-electron chi connectivity index (χ3n) is 1.48. The summed E-state index contributed by atoms with van der Waals surface area (Å²) in [7, 11) is 0. The van der Waals surface area contributed by atoms with Crippen LogP contribution in [0.4, 0.5) is 4.39 Å². The molecule has 2 aromatic rings. The molecular weight excluding hydrogens is 175 g/mol. The molecule has 2 nitrogen and oxygen atoms in total. The smallest absolute Gasteiger partial charge is 0.181 e. The van der Waals surface area contributed by atoms with Crippen molar-refractivity contribution in [3.63, 3.8) is 0 Å². The van der Waals surface area contributed by atoms with Gasteiger partial charge in [0.15, 0.2) is 0 Å². The van der Waals surface area contributed by atoms with E-state index in [1.54, 1.807) is 0 Å². The lowest BCUT2D eigenvalue weighted by Crippen LogP contribution is -1.77. The first-order chi connectivity index (χ1) is 5.88. The zero-order valence-electron chi connectivity index (χ0n) is 6.07. The van der Waals surface area contributed by atoms with E-state index in [0.29, 0.717) is 4.88 Å². The van der Waals surface area contributed by atoms with E-state index < -0.39 is 5.95 Å². The van der Waals surface area contributed by atoms with Crippen molar-refractivity contribution < 1.29 is 4.39 Å². The summed E-state index contributed by atoms with van der Waals surface area (Å²) in [5.41, 5.74) is 0.824. The minimum Gasteiger partial charge on any atom is -0.181 e. The highest BCUT2D eigenvalue weighted by Gasteiger charge is 2.07. The lowest BCUT2D eigenvalue weighted by Gasteiger charge is -1.92. The Kier molecular flexibility index (Phi) is 1.83. The Hall–Kier alpha value is -1.29. The van der Waals surface area contributed by atoms with Crippen LogP contribution in [0.5, 0.6) is 0 Å². The Morgan fingerprint density at radius 3 is 2.50 bits per heavy atom. The molecule has 0 aliphatic rings. The number of rotatable bonds is 1. The molecule has 1 aromatic heterocycles. The second-order valence-electron chi connectivity index (χ2n) is 2.26. The zero-order valence-corrected chi connectivity index (χ0v) is 6.88. The third-order valence-corrected chi connectivity index (χ3v) is 2.23. The van der Waals surface area contributed by atoms with Gasteiger partial charge in [-0.25, -0.2) is 0 Å². The maximum absolute atomic E-state index is 12.9. The zero-order chi connectivity index (χ0) is 8.39. The van der Waals surface area contributed by atoms with Gasteiger partial charge in [-0.15, -0.1) is 5.10 Å². The monoisotopic (exact) mass is 180 g/mol. The Morgan fingerprint density at radius 2 is 1.92 bits per heavy atom. The van der Waals surface area contributed by atoms with Gasteiger partial charge in [0, 0.05) is 0 Å². The standard InChI is InChI=1S/C8H5FN2S/c9-8-7(12-11-10-8)6-4-2-1-3-5-6/h1-5H. The number of hydrogen-bond acceptors (Lipinski definition) is 3. The maximum atomic E-state index is 12.9. The van der Waals surface area contributed by atoms with E-state index in [2.05, 4.69) is 9.59 Å². The number of benzene rings is 1. The van der Waals surface area contributed by atoms with Crippen molar-refractivity contribution in [2.45, 2.75) is 0 Å². The highest BCUT2D eigenvalue weighted by molar-refractivity contribution is 7.09. The van der Waals surface area contributed by atoms with Crippen LogP contribution in [0.2, 0.25) is 0 Å². The van der Waals surface area contributed by atoms with Crippen molar-refractivity contribution in [2.24, 2.45) is 0 Å². The van der Waals surface area contributed by atoms with Gasteiger partial charge in [-0.2, -0.15) is 4.39 Å². The van der Waals surface area contributed by atoms with Crippen LogP contribution in [0, 0.1) is 5.95 Å². The number of aromatic nitrogens is 2. The Balaban J connectivity index is 2.51. The van der Waals surface area contributed by atoms with Gasteiger partial charge < -0.3 is 0 Å². The molecule has 0 radical (unpaired) electrons. The normalized spacial score (nSPS) is 10.1. The van der Waals surface area contributed by atoms with E-state index >= 15 is 0 Å². The van der Waals surface area contributed by atoms with Gasteiger partial charge in [-0.05, 0) is 17.1 Å². The molecule has 4 heteroatoms. The summed E-state index contributed by atoms with van der Waals surface area (Å²) in [6, 6.07) is 9.26. The summed E-state index contributed by atoms with van der Waals surface area (Å²) in [6.45, 7) is 0. The van der Waals surface area contributed by atoms with Gasteiger partial charge in [0.05, 0.1) is 0 Å². The van der Waals surface area contributed by atoms with Crippen molar-refractivity contribution in [3.05, 3.63) is 36.3 Å². The molecule has 0 spiro atoms. The summed E-state index contributed by atoms with van der Waals surface area (Å²) >= 11 is 1.07. The van der Waals surface area contributed by atoms with Gasteiger partial charge in [0.1, 0.15) is 4.88 Å². The second kappa shape index (κ2) is 2.98. The largest absolute Gasteiger partial charge is 0.253 e. The molecule has 0 N–H and O–H groups in total. The molecule has 0 amide bonds. The van der Waals surface area contributed by atoms with Crippen LogP contribution in [0.15, 0.2) is 30.3 Å². The minimum absolute atomic E-state index is 0.494. The highest BCUT2D eigenvalue weighted by Crippen LogP contribution is 2.23. The van der Waals surface area contributed by atoms with Gasteiger partial charge in [0.25, 0.3) is 5.95 Å². The Morgan fingerprint density at radius 1 is 1.17 bits per heavy atom. The summed E-state index contributed by atoms with van der Waals surface area (Å²) < 4.78 is 16.4. The summed E-state index contributed by atoms with van der Waals surface area (Å²) in [6.07, 6.45) is 0. The Bertz CT molecular complexity index is 372. The summed E-state index contributed by atoms with van der Waals surface area (Å²) in [5.74, 6) is -0.494. The minimum atomic E-state index is -0.494. The van der Waals surface area contributed by atoms with E-state index in [0.717, 1.165) is 17.1 Å². The fraction of sp³-hybridized carbons (Fsp3) is 0. The number of nitrogens with zero attached hydrogens (tertiary/aromatic N) is 2. The summed E-state index contributed by atoms with van der Waals surface area (Å²) in [4.78, 5) is 0.496. The van der Waals surface area contributed by atoms with Crippen molar-refractivity contribution in [1.82, 2.24) is 9.59 Å². The molecule has 0 fully saturated rings. The van der Waals surface area contributed by atoms with Crippen LogP contribution in [0.3, 0.4) is 0 Å². The van der Waals surface area contributed by atoms with Gasteiger partial charge in [0.2, 0.25) is 0 Å². The van der Waals surface area contributed by atoms with E-state index in [9.17, 15) is 4.39 Å². The fourth-order valence-electron chi connectivity index (χ4n) is 0.941. The molecule has 0 aliphatic carbocycles. The lowest BCUT2D eigenvalue weighted by atomic mass is 10.2. The van der Waals surface area contributed by atoms with Crippen molar-refractivity contribution in [2.75, 3.05) is 0 Å². The predicted molar refractivity (Wildman–Crippen MR) is 45.3 cm³/mol. The molecule has 0 bridgehead atoms. The van der Waals surface area contributed by atoms with E-state index in [1.807, 2.05) is 30.3 Å². The molecule has 0 unspecified atom stereocenters. The number of halogens is 1. The van der Waals surface area contributed by atoms with Crippen LogP contribution in [-0.4, -0.2) is 9.59 Å². The topological polar surface area (TPSA) is 25.8 Å². The molecule has 0 aliphatic heterocycles. The van der Waals surface area contributed by atoms with Crippen LogP contribution in [0.1, 0.15) is 0 Å². The maximum Gasteiger partial charge on any atom is 0.253 e. The molecule has 0 saturated carbocycles. The van der Waals surface area contributed by atoms with Gasteiger partial charge >= 0.3 is 0 Å². The van der Waals surface area contributed by atoms with Gasteiger partial charge in [-0.1, -0.05) is 34.8 Å². The van der Waals surface area contributed by atoms with Crippen molar-refractivity contribution >= 4 is 11.5 Å². The SMILES string of the molecule is Fc1nnsc1-c1ccccc1. The van der Waals surface area contributed by atoms with E-state index in [1.165, 1.54) is 0 Å². The molecular formula is C8H5FN2S. The first-order valence-corrected chi connectivity index (χ1v) is 4.18. The molecule has 0 saturated heterocycles. The van der Waals surface area contributed by atoms with E-state index in [4.69, 9.17) is 0 Å². The fourth-order valence-corrected chi connectivity index (χ4v) is 1.49. The quantitative estimate of drug-likeness (QED) is 0.673.